The summed E-state index contributed by atoms with van der Waals surface area (Å²) in [6.45, 7) is 7.10. The Bertz CT molecular complexity index is 359. The van der Waals surface area contributed by atoms with Crippen LogP contribution in [0.4, 0.5) is 4.79 Å². The van der Waals surface area contributed by atoms with E-state index in [9.17, 15) is 14.7 Å². The topological polar surface area (TPSA) is 66.8 Å². The Balaban J connectivity index is 2.79. The van der Waals surface area contributed by atoms with E-state index >= 15 is 0 Å². The Hall–Kier alpha value is -1.52. The molecular formula is C15H25NO4. The lowest BCUT2D eigenvalue weighted by atomic mass is 9.89. The van der Waals surface area contributed by atoms with Crippen molar-refractivity contribution in [1.29, 1.82) is 0 Å². The van der Waals surface area contributed by atoms with Crippen molar-refractivity contribution in [1.82, 2.24) is 4.90 Å². The summed E-state index contributed by atoms with van der Waals surface area (Å²) >= 11 is 0. The number of amides is 1. The van der Waals surface area contributed by atoms with Crippen molar-refractivity contribution in [2.75, 3.05) is 13.2 Å². The highest BCUT2D eigenvalue weighted by atomic mass is 16.6. The van der Waals surface area contributed by atoms with Crippen LogP contribution in [-0.2, 0) is 9.53 Å². The van der Waals surface area contributed by atoms with E-state index in [0.717, 1.165) is 25.7 Å². The van der Waals surface area contributed by atoms with Crippen molar-refractivity contribution < 1.29 is 19.4 Å². The van der Waals surface area contributed by atoms with Crippen molar-refractivity contribution >= 4 is 12.1 Å². The molecule has 0 spiro atoms. The van der Waals surface area contributed by atoms with Gasteiger partial charge < -0.3 is 14.7 Å². The maximum absolute atomic E-state index is 12.2. The molecule has 5 nitrogen and oxygen atoms in total. The van der Waals surface area contributed by atoms with Crippen LogP contribution < -0.4 is 0 Å². The minimum absolute atomic E-state index is 0.0830. The smallest absolute Gasteiger partial charge is 0.410 e. The van der Waals surface area contributed by atoms with Gasteiger partial charge in [-0.3, -0.25) is 4.79 Å². The van der Waals surface area contributed by atoms with Crippen LogP contribution in [0.25, 0.3) is 0 Å². The number of carboxylic acid groups (broad SMARTS) is 1. The Morgan fingerprint density at radius 2 is 1.95 bits per heavy atom. The molecule has 1 N–H and O–H groups in total. The Kier molecular flexibility index (Phi) is 6.05. The number of carboxylic acids is 1. The summed E-state index contributed by atoms with van der Waals surface area (Å²) in [6.07, 6.45) is 6.23. The van der Waals surface area contributed by atoms with Crippen molar-refractivity contribution in [3.63, 3.8) is 0 Å². The van der Waals surface area contributed by atoms with Gasteiger partial charge in [0, 0.05) is 12.6 Å². The maximum atomic E-state index is 12.2. The zero-order chi connectivity index (χ0) is 15.2. The molecule has 1 fully saturated rings. The molecule has 20 heavy (non-hydrogen) atoms. The summed E-state index contributed by atoms with van der Waals surface area (Å²) in [7, 11) is 0. The van der Waals surface area contributed by atoms with Gasteiger partial charge in [0.25, 0.3) is 0 Å². The second kappa shape index (κ2) is 7.31. The fraction of sp³-hybridized carbons (Fsp3) is 0.733. The molecular weight excluding hydrogens is 258 g/mol. The van der Waals surface area contributed by atoms with Crippen molar-refractivity contribution in [3.8, 4) is 0 Å². The lowest BCUT2D eigenvalue weighted by molar-refractivity contribution is -0.148. The fourth-order valence-electron chi connectivity index (χ4n) is 2.44. The molecule has 1 aliphatic rings. The van der Waals surface area contributed by atoms with Gasteiger partial charge in [0.2, 0.25) is 0 Å². The van der Waals surface area contributed by atoms with Crippen LogP contribution in [0.5, 0.6) is 0 Å². The first-order chi connectivity index (χ1) is 9.38. The van der Waals surface area contributed by atoms with E-state index < -0.39 is 17.5 Å². The van der Waals surface area contributed by atoms with E-state index in [1.54, 1.807) is 18.7 Å². The molecule has 0 atom stereocenters. The van der Waals surface area contributed by atoms with Crippen LogP contribution in [0.3, 0.4) is 0 Å². The predicted octanol–water partition coefficient (Wildman–Crippen LogP) is 3.05. The van der Waals surface area contributed by atoms with Gasteiger partial charge in [0.1, 0.15) is 6.61 Å². The first-order valence-electron chi connectivity index (χ1n) is 7.16. The van der Waals surface area contributed by atoms with Crippen LogP contribution in [-0.4, -0.2) is 41.3 Å². The standard InChI is InChI=1S/C15H25NO4/c1-4-10-20-14(19)16(11-15(2,3)13(17)18)12-8-6-5-7-9-12/h4,12H,1,5-11H2,2-3H3,(H,17,18). The molecule has 0 heterocycles. The van der Waals surface area contributed by atoms with Gasteiger partial charge in [-0.2, -0.15) is 0 Å². The maximum Gasteiger partial charge on any atom is 0.410 e. The van der Waals surface area contributed by atoms with Crippen molar-refractivity contribution in [3.05, 3.63) is 12.7 Å². The van der Waals surface area contributed by atoms with Crippen molar-refractivity contribution in [2.24, 2.45) is 5.41 Å². The van der Waals surface area contributed by atoms with Gasteiger partial charge in [-0.25, -0.2) is 4.79 Å². The molecule has 0 aromatic rings. The van der Waals surface area contributed by atoms with Crippen LogP contribution in [0.1, 0.15) is 46.0 Å². The lowest BCUT2D eigenvalue weighted by Gasteiger charge is -2.37. The Labute approximate surface area is 120 Å². The molecule has 0 radical (unpaired) electrons. The van der Waals surface area contributed by atoms with Crippen LogP contribution in [0.15, 0.2) is 12.7 Å². The average Bonchev–Trinajstić information content (AvgIpc) is 2.43. The molecule has 1 amide bonds. The number of carbonyl (C=O) groups excluding carboxylic acids is 1. The first kappa shape index (κ1) is 16.5. The van der Waals surface area contributed by atoms with Crippen LogP contribution in [0, 0.1) is 5.41 Å². The van der Waals surface area contributed by atoms with Gasteiger partial charge >= 0.3 is 12.1 Å². The van der Waals surface area contributed by atoms with E-state index in [2.05, 4.69) is 6.58 Å². The third-order valence-corrected chi connectivity index (χ3v) is 3.72. The number of hydrogen-bond donors (Lipinski definition) is 1. The highest BCUT2D eigenvalue weighted by Gasteiger charge is 2.36. The molecule has 5 heteroatoms. The van der Waals surface area contributed by atoms with E-state index in [4.69, 9.17) is 4.74 Å². The number of aliphatic carboxylic acids is 1. The Morgan fingerprint density at radius 1 is 1.35 bits per heavy atom. The average molecular weight is 283 g/mol. The second-order valence-electron chi connectivity index (χ2n) is 5.97. The van der Waals surface area contributed by atoms with E-state index in [1.165, 1.54) is 12.5 Å². The zero-order valence-electron chi connectivity index (χ0n) is 12.4. The minimum atomic E-state index is -0.982. The Morgan fingerprint density at radius 3 is 2.45 bits per heavy atom. The number of ether oxygens (including phenoxy) is 1. The SMILES string of the molecule is C=CCOC(=O)N(CC(C)(C)C(=O)O)C1CCCCC1. The van der Waals surface area contributed by atoms with Gasteiger partial charge in [-0.15, -0.1) is 0 Å². The summed E-state index contributed by atoms with van der Waals surface area (Å²) in [4.78, 5) is 25.0. The largest absolute Gasteiger partial charge is 0.481 e. The van der Waals surface area contributed by atoms with Gasteiger partial charge in [-0.1, -0.05) is 31.9 Å². The van der Waals surface area contributed by atoms with Crippen LogP contribution in [0.2, 0.25) is 0 Å². The van der Waals surface area contributed by atoms with Gasteiger partial charge in [-0.05, 0) is 26.7 Å². The molecule has 1 saturated carbocycles. The van der Waals surface area contributed by atoms with E-state index in [-0.39, 0.29) is 19.2 Å². The second-order valence-corrected chi connectivity index (χ2v) is 5.97. The van der Waals surface area contributed by atoms with E-state index in [0.29, 0.717) is 0 Å². The molecule has 0 saturated heterocycles. The molecule has 1 rings (SSSR count). The van der Waals surface area contributed by atoms with Gasteiger partial charge in [0.15, 0.2) is 0 Å². The predicted molar refractivity (Wildman–Crippen MR) is 76.5 cm³/mol. The molecule has 114 valence electrons. The molecule has 1 aliphatic carbocycles. The number of nitrogens with zero attached hydrogens (tertiary/aromatic N) is 1. The lowest BCUT2D eigenvalue weighted by Crippen LogP contribution is -2.48. The molecule has 0 bridgehead atoms. The summed E-state index contributed by atoms with van der Waals surface area (Å²) in [6, 6.07) is 0.0830. The summed E-state index contributed by atoms with van der Waals surface area (Å²) in [5.74, 6) is -0.908. The fourth-order valence-corrected chi connectivity index (χ4v) is 2.44. The third-order valence-electron chi connectivity index (χ3n) is 3.72. The normalized spacial score (nSPS) is 16.5. The number of carbonyl (C=O) groups is 2. The minimum Gasteiger partial charge on any atom is -0.481 e. The molecule has 0 aromatic heterocycles. The number of hydrogen-bond acceptors (Lipinski definition) is 3. The molecule has 0 unspecified atom stereocenters. The third kappa shape index (κ3) is 4.54. The highest BCUT2D eigenvalue weighted by Crippen LogP contribution is 2.27. The molecule has 0 aromatic carbocycles. The van der Waals surface area contributed by atoms with Gasteiger partial charge in [0.05, 0.1) is 5.41 Å². The summed E-state index contributed by atoms with van der Waals surface area (Å²) in [5.41, 5.74) is -0.982. The van der Waals surface area contributed by atoms with Crippen LogP contribution >= 0.6 is 0 Å². The number of rotatable bonds is 6. The highest BCUT2D eigenvalue weighted by molar-refractivity contribution is 5.75. The quantitative estimate of drug-likeness (QED) is 0.761. The summed E-state index contributed by atoms with van der Waals surface area (Å²) < 4.78 is 5.11. The van der Waals surface area contributed by atoms with E-state index in [1.807, 2.05) is 0 Å². The summed E-state index contributed by atoms with van der Waals surface area (Å²) in [5, 5.41) is 9.25. The first-order valence-corrected chi connectivity index (χ1v) is 7.16. The monoisotopic (exact) mass is 283 g/mol. The molecule has 0 aliphatic heterocycles. The zero-order valence-corrected chi connectivity index (χ0v) is 12.4. The van der Waals surface area contributed by atoms with Crippen molar-refractivity contribution in [2.45, 2.75) is 52.0 Å².